The van der Waals surface area contributed by atoms with Crippen molar-refractivity contribution in [2.45, 2.75) is 13.3 Å². The molecule has 0 N–H and O–H groups in total. The van der Waals surface area contributed by atoms with Crippen LogP contribution in [0.1, 0.15) is 13.3 Å². The normalized spacial score (nSPS) is 10.7. The molecule has 2 nitrogen and oxygen atoms in total. The summed E-state index contributed by atoms with van der Waals surface area (Å²) in [6, 6.07) is 0. The third kappa shape index (κ3) is 3.86. The van der Waals surface area contributed by atoms with E-state index in [1.165, 1.54) is 0 Å². The van der Waals surface area contributed by atoms with E-state index in [4.69, 9.17) is 9.47 Å². The first-order chi connectivity index (χ1) is 5.76. The molecule has 0 aliphatic heterocycles. The maximum atomic E-state index is 5.35. The maximum absolute atomic E-state index is 5.35. The number of allylic oxidation sites excluding steroid dienone is 2. The van der Waals surface area contributed by atoms with Crippen LogP contribution >= 0.6 is 0 Å². The van der Waals surface area contributed by atoms with E-state index >= 15 is 0 Å². The highest BCUT2D eigenvalue weighted by Gasteiger charge is 2.01. The zero-order valence-electron chi connectivity index (χ0n) is 7.80. The van der Waals surface area contributed by atoms with Crippen LogP contribution in [0.5, 0.6) is 0 Å². The molecule has 0 heterocycles. The van der Waals surface area contributed by atoms with Crippen LogP contribution in [0.25, 0.3) is 0 Å². The minimum Gasteiger partial charge on any atom is -0.493 e. The van der Waals surface area contributed by atoms with Gasteiger partial charge in [0.05, 0.1) is 13.7 Å². The predicted molar refractivity (Wildman–Crippen MR) is 50.7 cm³/mol. The molecule has 0 rings (SSSR count). The van der Waals surface area contributed by atoms with Crippen molar-refractivity contribution in [2.24, 2.45) is 0 Å². The maximum Gasteiger partial charge on any atom is 0.160 e. The topological polar surface area (TPSA) is 18.5 Å². The largest absolute Gasteiger partial charge is 0.493 e. The molecule has 0 bridgehead atoms. The van der Waals surface area contributed by atoms with Gasteiger partial charge in [0, 0.05) is 0 Å². The lowest BCUT2D eigenvalue weighted by atomic mass is 10.4. The molecule has 0 aromatic carbocycles. The van der Waals surface area contributed by atoms with Crippen molar-refractivity contribution in [1.82, 2.24) is 0 Å². The molecule has 0 saturated carbocycles. The molecule has 0 unspecified atom stereocenters. The van der Waals surface area contributed by atoms with E-state index < -0.39 is 0 Å². The molecule has 0 aromatic heterocycles. The third-order valence-corrected chi connectivity index (χ3v) is 1.25. The van der Waals surface area contributed by atoms with Crippen LogP contribution in [0.2, 0.25) is 0 Å². The second-order valence-electron chi connectivity index (χ2n) is 2.24. The molecule has 0 aliphatic rings. The Kier molecular flexibility index (Phi) is 5.88. The Labute approximate surface area is 74.2 Å². The fraction of sp³-hybridized carbons (Fsp3) is 0.400. The van der Waals surface area contributed by atoms with E-state index in [1.54, 1.807) is 19.3 Å². The fourth-order valence-electron chi connectivity index (χ4n) is 0.641. The standard InChI is InChI=1S/C10H16O2/c1-5-7-10(9(3)11-4)12-8-6-2/h5,7H,1,3,6,8H2,2,4H3/b10-7+. The van der Waals surface area contributed by atoms with Crippen LogP contribution in [0.15, 0.2) is 36.8 Å². The van der Waals surface area contributed by atoms with Crippen LogP contribution in [-0.2, 0) is 9.47 Å². The van der Waals surface area contributed by atoms with Gasteiger partial charge in [-0.2, -0.15) is 0 Å². The Morgan fingerprint density at radius 1 is 1.50 bits per heavy atom. The van der Waals surface area contributed by atoms with Gasteiger partial charge in [-0.25, -0.2) is 0 Å². The zero-order valence-corrected chi connectivity index (χ0v) is 7.80. The average molecular weight is 168 g/mol. The Hall–Kier alpha value is -1.18. The molecular formula is C10H16O2. The summed E-state index contributed by atoms with van der Waals surface area (Å²) in [5.74, 6) is 1.18. The van der Waals surface area contributed by atoms with Crippen molar-refractivity contribution in [1.29, 1.82) is 0 Å². The Morgan fingerprint density at radius 3 is 2.58 bits per heavy atom. The van der Waals surface area contributed by atoms with E-state index in [1.807, 2.05) is 6.92 Å². The first-order valence-corrected chi connectivity index (χ1v) is 3.95. The van der Waals surface area contributed by atoms with Crippen LogP contribution in [0, 0.1) is 0 Å². The molecular weight excluding hydrogens is 152 g/mol. The van der Waals surface area contributed by atoms with Crippen LogP contribution in [0.4, 0.5) is 0 Å². The average Bonchev–Trinajstić information content (AvgIpc) is 2.11. The van der Waals surface area contributed by atoms with Gasteiger partial charge in [-0.1, -0.05) is 26.2 Å². The second kappa shape index (κ2) is 6.53. The van der Waals surface area contributed by atoms with Gasteiger partial charge >= 0.3 is 0 Å². The van der Waals surface area contributed by atoms with Gasteiger partial charge < -0.3 is 9.47 Å². The van der Waals surface area contributed by atoms with E-state index in [0.29, 0.717) is 18.1 Å². The predicted octanol–water partition coefficient (Wildman–Crippen LogP) is 2.64. The van der Waals surface area contributed by atoms with Crippen molar-refractivity contribution in [2.75, 3.05) is 13.7 Å². The molecule has 0 radical (unpaired) electrons. The summed E-state index contributed by atoms with van der Waals surface area (Å²) >= 11 is 0. The molecule has 68 valence electrons. The van der Waals surface area contributed by atoms with Crippen molar-refractivity contribution >= 4 is 0 Å². The van der Waals surface area contributed by atoms with Crippen molar-refractivity contribution in [3.8, 4) is 0 Å². The molecule has 0 amide bonds. The number of hydrogen-bond donors (Lipinski definition) is 0. The monoisotopic (exact) mass is 168 g/mol. The quantitative estimate of drug-likeness (QED) is 0.448. The summed E-state index contributed by atoms with van der Waals surface area (Å²) in [6.07, 6.45) is 4.35. The minimum atomic E-state index is 0.531. The highest BCUT2D eigenvalue weighted by Crippen LogP contribution is 2.10. The van der Waals surface area contributed by atoms with Gasteiger partial charge in [-0.3, -0.25) is 0 Å². The molecule has 0 spiro atoms. The highest BCUT2D eigenvalue weighted by molar-refractivity contribution is 5.20. The first kappa shape index (κ1) is 10.8. The van der Waals surface area contributed by atoms with Gasteiger partial charge in [-0.15, -0.1) is 0 Å². The van der Waals surface area contributed by atoms with Crippen LogP contribution < -0.4 is 0 Å². The molecule has 0 fully saturated rings. The zero-order chi connectivity index (χ0) is 9.40. The lowest BCUT2D eigenvalue weighted by Gasteiger charge is -2.09. The summed E-state index contributed by atoms with van der Waals surface area (Å²) in [7, 11) is 1.56. The SMILES string of the molecule is C=C/C=C(/OCCC)C(=C)OC. The number of hydrogen-bond acceptors (Lipinski definition) is 2. The van der Waals surface area contributed by atoms with Crippen molar-refractivity contribution in [3.05, 3.63) is 36.8 Å². The second-order valence-corrected chi connectivity index (χ2v) is 2.24. The van der Waals surface area contributed by atoms with E-state index in [-0.39, 0.29) is 0 Å². The van der Waals surface area contributed by atoms with E-state index in [9.17, 15) is 0 Å². The number of ether oxygens (including phenoxy) is 2. The highest BCUT2D eigenvalue weighted by atomic mass is 16.5. The lowest BCUT2D eigenvalue weighted by Crippen LogP contribution is -1.98. The molecule has 0 saturated heterocycles. The summed E-state index contributed by atoms with van der Waals surface area (Å²) in [5, 5.41) is 0. The molecule has 0 aromatic rings. The van der Waals surface area contributed by atoms with E-state index in [0.717, 1.165) is 6.42 Å². The van der Waals surface area contributed by atoms with Gasteiger partial charge in [-0.05, 0) is 12.5 Å². The first-order valence-electron chi connectivity index (χ1n) is 3.95. The lowest BCUT2D eigenvalue weighted by molar-refractivity contribution is 0.177. The molecule has 12 heavy (non-hydrogen) atoms. The van der Waals surface area contributed by atoms with Gasteiger partial charge in [0.1, 0.15) is 0 Å². The molecule has 0 aliphatic carbocycles. The smallest absolute Gasteiger partial charge is 0.160 e. The number of methoxy groups -OCH3 is 1. The van der Waals surface area contributed by atoms with Gasteiger partial charge in [0.15, 0.2) is 11.5 Å². The molecule has 0 atom stereocenters. The van der Waals surface area contributed by atoms with Gasteiger partial charge in [0.25, 0.3) is 0 Å². The Balaban J connectivity index is 4.13. The minimum absolute atomic E-state index is 0.531. The van der Waals surface area contributed by atoms with Crippen LogP contribution in [-0.4, -0.2) is 13.7 Å². The fourth-order valence-corrected chi connectivity index (χ4v) is 0.641. The summed E-state index contributed by atoms with van der Waals surface area (Å²) in [5.41, 5.74) is 0. The summed E-state index contributed by atoms with van der Waals surface area (Å²) in [4.78, 5) is 0. The Morgan fingerprint density at radius 2 is 2.17 bits per heavy atom. The van der Waals surface area contributed by atoms with Crippen molar-refractivity contribution in [3.63, 3.8) is 0 Å². The summed E-state index contributed by atoms with van der Waals surface area (Å²) in [6.45, 7) is 9.97. The van der Waals surface area contributed by atoms with Crippen LogP contribution in [0.3, 0.4) is 0 Å². The van der Waals surface area contributed by atoms with Crippen molar-refractivity contribution < 1.29 is 9.47 Å². The van der Waals surface area contributed by atoms with E-state index in [2.05, 4.69) is 13.2 Å². The van der Waals surface area contributed by atoms with Gasteiger partial charge in [0.2, 0.25) is 0 Å². The summed E-state index contributed by atoms with van der Waals surface area (Å²) < 4.78 is 10.3. The molecule has 2 heteroatoms. The Bertz CT molecular complexity index is 180. The number of rotatable bonds is 6. The third-order valence-electron chi connectivity index (χ3n) is 1.25.